The van der Waals surface area contributed by atoms with Gasteiger partial charge in [0.15, 0.2) is 0 Å². The Hall–Kier alpha value is -4.23. The molecule has 0 spiro atoms. The number of rotatable bonds is 7. The van der Waals surface area contributed by atoms with Crippen LogP contribution in [-0.4, -0.2) is 17.8 Å². The highest BCUT2D eigenvalue weighted by atomic mass is 35.5. The smallest absolute Gasteiger partial charge is 0.335 e. The molecule has 1 saturated heterocycles. The molecule has 6 nitrogen and oxygen atoms in total. The number of allylic oxidation sites excluding steroid dienone is 1. The lowest BCUT2D eigenvalue weighted by atomic mass is 10.0. The van der Waals surface area contributed by atoms with Crippen LogP contribution in [0.3, 0.4) is 0 Å². The molecule has 176 valence electrons. The molecule has 8 heteroatoms. The van der Waals surface area contributed by atoms with Gasteiger partial charge in [0.2, 0.25) is 0 Å². The molecule has 1 heterocycles. The monoisotopic (exact) mass is 490 g/mol. The second-order valence-electron chi connectivity index (χ2n) is 7.71. The number of carbonyl (C=O) groups is 3. The number of ether oxygens (including phenoxy) is 1. The highest BCUT2D eigenvalue weighted by molar-refractivity contribution is 6.39. The van der Waals surface area contributed by atoms with Crippen LogP contribution in [-0.2, 0) is 22.6 Å². The fraction of sp³-hybridized carbons (Fsp3) is 0.0741. The minimum absolute atomic E-state index is 0.191. The summed E-state index contributed by atoms with van der Waals surface area (Å²) in [5, 5.41) is 2.64. The predicted octanol–water partition coefficient (Wildman–Crippen LogP) is 5.45. The van der Waals surface area contributed by atoms with Crippen LogP contribution in [0.1, 0.15) is 16.7 Å². The summed E-state index contributed by atoms with van der Waals surface area (Å²) in [6.07, 6.45) is 3.60. The first-order chi connectivity index (χ1) is 16.9. The second kappa shape index (κ2) is 10.4. The highest BCUT2D eigenvalue weighted by Crippen LogP contribution is 2.26. The lowest BCUT2D eigenvalue weighted by Crippen LogP contribution is -2.54. The molecule has 1 N–H and O–H groups in total. The van der Waals surface area contributed by atoms with Crippen molar-refractivity contribution < 1.29 is 23.5 Å². The summed E-state index contributed by atoms with van der Waals surface area (Å²) in [5.41, 5.74) is 2.25. The lowest BCUT2D eigenvalue weighted by Gasteiger charge is -2.26. The minimum Gasteiger partial charge on any atom is -0.489 e. The van der Waals surface area contributed by atoms with E-state index in [0.29, 0.717) is 22.8 Å². The molecule has 3 aromatic carbocycles. The molecule has 1 fully saturated rings. The van der Waals surface area contributed by atoms with Crippen LogP contribution in [0.4, 0.5) is 14.9 Å². The number of barbiturate groups is 1. The van der Waals surface area contributed by atoms with Crippen molar-refractivity contribution >= 4 is 41.2 Å². The summed E-state index contributed by atoms with van der Waals surface area (Å²) in [6.45, 7) is 4.01. The van der Waals surface area contributed by atoms with Gasteiger partial charge in [0, 0.05) is 5.02 Å². The van der Waals surface area contributed by atoms with Crippen LogP contribution in [0.25, 0.3) is 6.08 Å². The first-order valence-corrected chi connectivity index (χ1v) is 11.0. The summed E-state index contributed by atoms with van der Waals surface area (Å²) in [6, 6.07) is 16.5. The number of amides is 4. The van der Waals surface area contributed by atoms with Crippen LogP contribution < -0.4 is 15.0 Å². The van der Waals surface area contributed by atoms with Gasteiger partial charge in [-0.2, -0.15) is 0 Å². The van der Waals surface area contributed by atoms with Crippen molar-refractivity contribution in [3.8, 4) is 5.75 Å². The largest absolute Gasteiger partial charge is 0.489 e. The molecule has 1 aliphatic heterocycles. The Morgan fingerprint density at radius 3 is 2.40 bits per heavy atom. The molecule has 1 aliphatic rings. The Kier molecular flexibility index (Phi) is 7.08. The van der Waals surface area contributed by atoms with Gasteiger partial charge in [0.25, 0.3) is 11.8 Å². The maximum Gasteiger partial charge on any atom is 0.335 e. The van der Waals surface area contributed by atoms with E-state index in [1.54, 1.807) is 48.5 Å². The normalized spacial score (nSPS) is 14.7. The standard InChI is InChI=1S/C27H20ClFN2O4/c1-2-3-19-14-18(6-13-24(19)35-16-17-4-9-21(29)10-5-17)15-23-25(32)30-27(34)31(26(23)33)22-11-7-20(28)8-12-22/h2,4-15H,1,3,16H2,(H,30,32,34)/b23-15+. The molecule has 0 aliphatic carbocycles. The summed E-state index contributed by atoms with van der Waals surface area (Å²) in [5.74, 6) is -1.26. The predicted molar refractivity (Wildman–Crippen MR) is 132 cm³/mol. The van der Waals surface area contributed by atoms with Crippen LogP contribution in [0.2, 0.25) is 5.02 Å². The topological polar surface area (TPSA) is 75.7 Å². The van der Waals surface area contributed by atoms with Crippen LogP contribution in [0.15, 0.2) is 85.0 Å². The van der Waals surface area contributed by atoms with Crippen molar-refractivity contribution in [1.82, 2.24) is 5.32 Å². The van der Waals surface area contributed by atoms with Crippen molar-refractivity contribution in [2.75, 3.05) is 4.90 Å². The molecule has 0 saturated carbocycles. The van der Waals surface area contributed by atoms with E-state index in [4.69, 9.17) is 16.3 Å². The number of hydrogen-bond acceptors (Lipinski definition) is 4. The fourth-order valence-corrected chi connectivity index (χ4v) is 3.66. The van der Waals surface area contributed by atoms with E-state index >= 15 is 0 Å². The number of hydrogen-bond donors (Lipinski definition) is 1. The molecule has 0 bridgehead atoms. The maximum atomic E-state index is 13.1. The van der Waals surface area contributed by atoms with Gasteiger partial charge in [-0.05, 0) is 77.7 Å². The Morgan fingerprint density at radius 1 is 1.00 bits per heavy atom. The first-order valence-electron chi connectivity index (χ1n) is 10.6. The van der Waals surface area contributed by atoms with Gasteiger partial charge in [0.1, 0.15) is 23.7 Å². The molecule has 4 rings (SSSR count). The number of urea groups is 1. The van der Waals surface area contributed by atoms with E-state index in [1.807, 2.05) is 0 Å². The van der Waals surface area contributed by atoms with Gasteiger partial charge >= 0.3 is 6.03 Å². The third-order valence-electron chi connectivity index (χ3n) is 5.25. The molecule has 0 unspecified atom stereocenters. The quantitative estimate of drug-likeness (QED) is 0.271. The third kappa shape index (κ3) is 5.47. The number of nitrogens with zero attached hydrogens (tertiary/aromatic N) is 1. The summed E-state index contributed by atoms with van der Waals surface area (Å²) in [4.78, 5) is 38.8. The van der Waals surface area contributed by atoms with E-state index in [9.17, 15) is 18.8 Å². The SMILES string of the molecule is C=CCc1cc(/C=C2\C(=O)NC(=O)N(c3ccc(Cl)cc3)C2=O)ccc1OCc1ccc(F)cc1. The van der Waals surface area contributed by atoms with Gasteiger partial charge in [-0.25, -0.2) is 14.1 Å². The minimum atomic E-state index is -0.837. The van der Waals surface area contributed by atoms with E-state index in [0.717, 1.165) is 16.0 Å². The fourth-order valence-electron chi connectivity index (χ4n) is 3.54. The van der Waals surface area contributed by atoms with Crippen molar-refractivity contribution in [3.63, 3.8) is 0 Å². The molecule has 4 amide bonds. The molecule has 35 heavy (non-hydrogen) atoms. The van der Waals surface area contributed by atoms with Crippen molar-refractivity contribution in [2.45, 2.75) is 13.0 Å². The highest BCUT2D eigenvalue weighted by Gasteiger charge is 2.36. The van der Waals surface area contributed by atoms with Gasteiger partial charge < -0.3 is 4.74 Å². The number of halogens is 2. The third-order valence-corrected chi connectivity index (χ3v) is 5.51. The zero-order valence-electron chi connectivity index (χ0n) is 18.5. The Balaban J connectivity index is 1.60. The van der Waals surface area contributed by atoms with Crippen LogP contribution in [0, 0.1) is 5.82 Å². The summed E-state index contributed by atoms with van der Waals surface area (Å²) < 4.78 is 19.0. The molecular weight excluding hydrogens is 471 g/mol. The second-order valence-corrected chi connectivity index (χ2v) is 8.15. The Labute approximate surface area is 206 Å². The van der Waals surface area contributed by atoms with Crippen molar-refractivity contribution in [1.29, 1.82) is 0 Å². The zero-order chi connectivity index (χ0) is 24.9. The van der Waals surface area contributed by atoms with Crippen LogP contribution >= 0.6 is 11.6 Å². The molecule has 0 radical (unpaired) electrons. The van der Waals surface area contributed by atoms with Gasteiger partial charge in [-0.1, -0.05) is 35.9 Å². The maximum absolute atomic E-state index is 13.1. The van der Waals surface area contributed by atoms with Gasteiger partial charge in [-0.15, -0.1) is 6.58 Å². The van der Waals surface area contributed by atoms with E-state index in [2.05, 4.69) is 11.9 Å². The Bertz CT molecular complexity index is 1330. The summed E-state index contributed by atoms with van der Waals surface area (Å²) >= 11 is 5.90. The number of nitrogens with one attached hydrogen (secondary N) is 1. The van der Waals surface area contributed by atoms with Crippen molar-refractivity contribution in [2.24, 2.45) is 0 Å². The average molecular weight is 491 g/mol. The molecule has 0 aromatic heterocycles. The van der Waals surface area contributed by atoms with E-state index < -0.39 is 17.8 Å². The average Bonchev–Trinajstić information content (AvgIpc) is 2.83. The van der Waals surface area contributed by atoms with Crippen LogP contribution in [0.5, 0.6) is 5.75 Å². The number of benzene rings is 3. The van der Waals surface area contributed by atoms with E-state index in [-0.39, 0.29) is 23.7 Å². The molecular formula is C27H20ClFN2O4. The molecule has 3 aromatic rings. The van der Waals surface area contributed by atoms with E-state index in [1.165, 1.54) is 30.3 Å². The Morgan fingerprint density at radius 2 is 1.71 bits per heavy atom. The first kappa shape index (κ1) is 23.9. The zero-order valence-corrected chi connectivity index (χ0v) is 19.2. The van der Waals surface area contributed by atoms with Gasteiger partial charge in [0.05, 0.1) is 5.69 Å². The molecule has 0 atom stereocenters. The number of imide groups is 2. The number of anilines is 1. The number of carbonyl (C=O) groups excluding carboxylic acids is 3. The summed E-state index contributed by atoms with van der Waals surface area (Å²) in [7, 11) is 0. The van der Waals surface area contributed by atoms with Crippen molar-refractivity contribution in [3.05, 3.63) is 112 Å². The van der Waals surface area contributed by atoms with Gasteiger partial charge in [-0.3, -0.25) is 14.9 Å². The lowest BCUT2D eigenvalue weighted by molar-refractivity contribution is -0.122.